The summed E-state index contributed by atoms with van der Waals surface area (Å²) in [7, 11) is 0. The van der Waals surface area contributed by atoms with Crippen molar-refractivity contribution < 1.29 is 17.6 Å². The van der Waals surface area contributed by atoms with Crippen LogP contribution in [-0.4, -0.2) is 24.7 Å². The first-order valence-corrected chi connectivity index (χ1v) is 9.60. The molecule has 4 aromatic heterocycles. The van der Waals surface area contributed by atoms with Gasteiger partial charge < -0.3 is 4.42 Å². The minimum atomic E-state index is -4.76. The van der Waals surface area contributed by atoms with Gasteiger partial charge in [-0.2, -0.15) is 18.3 Å². The van der Waals surface area contributed by atoms with Crippen LogP contribution in [0.5, 0.6) is 0 Å². The fraction of sp³-hybridized carbons (Fsp3) is 0.0952. The summed E-state index contributed by atoms with van der Waals surface area (Å²) in [6.45, 7) is 1.63. The SMILES string of the molecule is Cc1nc2ccccc2c2nc(-c3cc(C(F)(F)F)nn3-c3ncccc3Cl)oc(=O)c12. The van der Waals surface area contributed by atoms with Crippen LogP contribution in [0.3, 0.4) is 0 Å². The fourth-order valence-electron chi connectivity index (χ4n) is 3.41. The summed E-state index contributed by atoms with van der Waals surface area (Å²) in [5.74, 6) is -0.428. The Kier molecular flexibility index (Phi) is 4.48. The van der Waals surface area contributed by atoms with Crippen LogP contribution in [0.15, 0.2) is 57.9 Å². The number of hydrogen-bond acceptors (Lipinski definition) is 6. The van der Waals surface area contributed by atoms with Crippen molar-refractivity contribution in [2.75, 3.05) is 0 Å². The minimum absolute atomic E-state index is 0.0548. The summed E-state index contributed by atoms with van der Waals surface area (Å²) in [6.07, 6.45) is -3.40. The number of alkyl halides is 3. The predicted octanol–water partition coefficient (Wildman–Crippen LogP) is 4.96. The Morgan fingerprint density at radius 1 is 1.09 bits per heavy atom. The molecular formula is C21H11ClF3N5O2. The summed E-state index contributed by atoms with van der Waals surface area (Å²) in [4.78, 5) is 25.6. The Morgan fingerprint density at radius 3 is 2.62 bits per heavy atom. The molecule has 32 heavy (non-hydrogen) atoms. The van der Waals surface area contributed by atoms with E-state index in [0.717, 1.165) is 10.7 Å². The van der Waals surface area contributed by atoms with Crippen molar-refractivity contribution in [3.05, 3.63) is 75.5 Å². The molecule has 0 aliphatic rings. The average Bonchev–Trinajstić information content (AvgIpc) is 3.19. The zero-order valence-electron chi connectivity index (χ0n) is 16.2. The van der Waals surface area contributed by atoms with Crippen LogP contribution in [0, 0.1) is 6.92 Å². The summed E-state index contributed by atoms with van der Waals surface area (Å²) in [5.41, 5.74) is -0.991. The second-order valence-electron chi connectivity index (χ2n) is 6.88. The molecule has 0 fully saturated rings. The number of fused-ring (bicyclic) bond motifs is 3. The third-order valence-corrected chi connectivity index (χ3v) is 5.11. The molecule has 0 radical (unpaired) electrons. The lowest BCUT2D eigenvalue weighted by Gasteiger charge is -2.09. The van der Waals surface area contributed by atoms with Gasteiger partial charge in [0.1, 0.15) is 11.1 Å². The molecule has 0 saturated carbocycles. The maximum Gasteiger partial charge on any atom is 0.435 e. The molecule has 0 unspecified atom stereocenters. The van der Waals surface area contributed by atoms with E-state index in [1.54, 1.807) is 31.2 Å². The second kappa shape index (κ2) is 7.13. The van der Waals surface area contributed by atoms with E-state index >= 15 is 0 Å². The second-order valence-corrected chi connectivity index (χ2v) is 7.28. The fourth-order valence-corrected chi connectivity index (χ4v) is 3.62. The van der Waals surface area contributed by atoms with Gasteiger partial charge in [0.2, 0.25) is 5.89 Å². The minimum Gasteiger partial charge on any atom is -0.401 e. The van der Waals surface area contributed by atoms with Crippen LogP contribution >= 0.6 is 11.6 Å². The maximum absolute atomic E-state index is 13.5. The molecule has 5 aromatic rings. The molecule has 4 heterocycles. The highest BCUT2D eigenvalue weighted by Gasteiger charge is 2.36. The number of pyridine rings is 2. The number of rotatable bonds is 2. The van der Waals surface area contributed by atoms with Crippen molar-refractivity contribution in [2.45, 2.75) is 13.1 Å². The summed E-state index contributed by atoms with van der Waals surface area (Å²) >= 11 is 6.14. The lowest BCUT2D eigenvalue weighted by atomic mass is 10.1. The first kappa shape index (κ1) is 20.1. The number of nitrogens with zero attached hydrogens (tertiary/aromatic N) is 5. The van der Waals surface area contributed by atoms with E-state index in [9.17, 15) is 18.0 Å². The van der Waals surface area contributed by atoms with Gasteiger partial charge in [-0.25, -0.2) is 19.4 Å². The Labute approximate surface area is 182 Å². The van der Waals surface area contributed by atoms with Crippen LogP contribution in [-0.2, 0) is 6.18 Å². The molecule has 160 valence electrons. The molecule has 0 N–H and O–H groups in total. The Bertz CT molecular complexity index is 1580. The first-order valence-electron chi connectivity index (χ1n) is 9.23. The Balaban J connectivity index is 1.86. The Hall–Kier alpha value is -3.79. The molecule has 1 aromatic carbocycles. The van der Waals surface area contributed by atoms with Crippen molar-refractivity contribution in [3.63, 3.8) is 0 Å². The molecule has 0 amide bonds. The van der Waals surface area contributed by atoms with E-state index < -0.39 is 17.5 Å². The van der Waals surface area contributed by atoms with Crippen molar-refractivity contribution in [1.29, 1.82) is 0 Å². The number of halogens is 4. The molecule has 7 nitrogen and oxygen atoms in total. The van der Waals surface area contributed by atoms with Crippen molar-refractivity contribution in [3.8, 4) is 17.4 Å². The monoisotopic (exact) mass is 457 g/mol. The van der Waals surface area contributed by atoms with Gasteiger partial charge >= 0.3 is 11.8 Å². The van der Waals surface area contributed by atoms with Crippen LogP contribution in [0.2, 0.25) is 5.02 Å². The van der Waals surface area contributed by atoms with Gasteiger partial charge in [-0.05, 0) is 25.1 Å². The number of aromatic nitrogens is 5. The largest absolute Gasteiger partial charge is 0.435 e. The van der Waals surface area contributed by atoms with Crippen LogP contribution in [0.4, 0.5) is 13.2 Å². The van der Waals surface area contributed by atoms with E-state index in [2.05, 4.69) is 20.1 Å². The van der Waals surface area contributed by atoms with Gasteiger partial charge in [-0.15, -0.1) is 0 Å². The quantitative estimate of drug-likeness (QED) is 0.348. The predicted molar refractivity (Wildman–Crippen MR) is 111 cm³/mol. The van der Waals surface area contributed by atoms with Gasteiger partial charge in [0.15, 0.2) is 11.5 Å². The molecule has 0 atom stereocenters. The molecule has 0 aliphatic heterocycles. The molecule has 11 heteroatoms. The van der Waals surface area contributed by atoms with E-state index in [1.807, 2.05) is 0 Å². The van der Waals surface area contributed by atoms with Gasteiger partial charge in [0, 0.05) is 17.6 Å². The van der Waals surface area contributed by atoms with E-state index in [4.69, 9.17) is 16.0 Å². The standard InChI is InChI=1S/C21H11ClF3N5O2/c1-10-16-17(11-5-2-3-7-13(11)27-10)28-19(32-20(16)31)14-9-15(21(23,24)25)29-30(14)18-12(22)6-4-8-26-18/h2-9H,1H3. The maximum atomic E-state index is 13.5. The highest BCUT2D eigenvalue weighted by Crippen LogP contribution is 2.34. The van der Waals surface area contributed by atoms with Crippen LogP contribution in [0.25, 0.3) is 39.2 Å². The molecule has 0 aliphatic carbocycles. The van der Waals surface area contributed by atoms with E-state index in [0.29, 0.717) is 16.6 Å². The molecular weight excluding hydrogens is 447 g/mol. The topological polar surface area (TPSA) is 86.7 Å². The lowest BCUT2D eigenvalue weighted by Crippen LogP contribution is -2.10. The number of para-hydroxylation sites is 1. The van der Waals surface area contributed by atoms with Crippen molar-refractivity contribution in [1.82, 2.24) is 24.7 Å². The van der Waals surface area contributed by atoms with Gasteiger partial charge in [0.25, 0.3) is 0 Å². The zero-order valence-corrected chi connectivity index (χ0v) is 16.9. The molecule has 5 rings (SSSR count). The van der Waals surface area contributed by atoms with Crippen molar-refractivity contribution in [2.24, 2.45) is 0 Å². The summed E-state index contributed by atoms with van der Waals surface area (Å²) in [5, 5.41) is 4.36. The van der Waals surface area contributed by atoms with Crippen molar-refractivity contribution >= 4 is 33.4 Å². The highest BCUT2D eigenvalue weighted by molar-refractivity contribution is 6.32. The first-order chi connectivity index (χ1) is 15.2. The van der Waals surface area contributed by atoms with E-state index in [1.165, 1.54) is 18.3 Å². The Morgan fingerprint density at radius 2 is 1.88 bits per heavy atom. The third kappa shape index (κ3) is 3.19. The molecule has 0 bridgehead atoms. The van der Waals surface area contributed by atoms with Gasteiger partial charge in [0.05, 0.1) is 21.7 Å². The molecule has 0 saturated heterocycles. The number of hydrogen-bond donors (Lipinski definition) is 0. The molecule has 0 spiro atoms. The normalized spacial score (nSPS) is 12.0. The smallest absolute Gasteiger partial charge is 0.401 e. The summed E-state index contributed by atoms with van der Waals surface area (Å²) < 4.78 is 46.6. The zero-order chi connectivity index (χ0) is 22.6. The van der Waals surface area contributed by atoms with Crippen LogP contribution in [0.1, 0.15) is 11.4 Å². The summed E-state index contributed by atoms with van der Waals surface area (Å²) in [6, 6.07) is 10.7. The van der Waals surface area contributed by atoms with Crippen LogP contribution < -0.4 is 5.63 Å². The number of aryl methyl sites for hydroxylation is 1. The highest BCUT2D eigenvalue weighted by atomic mass is 35.5. The van der Waals surface area contributed by atoms with Gasteiger partial charge in [-0.1, -0.05) is 29.8 Å². The average molecular weight is 458 g/mol. The number of benzene rings is 1. The lowest BCUT2D eigenvalue weighted by molar-refractivity contribution is -0.141. The van der Waals surface area contributed by atoms with E-state index in [-0.39, 0.29) is 33.3 Å². The third-order valence-electron chi connectivity index (χ3n) is 4.81. The van der Waals surface area contributed by atoms with Gasteiger partial charge in [-0.3, -0.25) is 4.98 Å².